The molecular formula is C12H6Cl3NO4S. The van der Waals surface area contributed by atoms with E-state index in [1.165, 1.54) is 6.07 Å². The molecule has 0 aliphatic heterocycles. The topological polar surface area (TPSA) is 69.4 Å². The molecule has 0 bridgehead atoms. The van der Waals surface area contributed by atoms with Crippen molar-refractivity contribution < 1.29 is 14.5 Å². The number of ketones is 1. The maximum absolute atomic E-state index is 11.9. The van der Waals surface area contributed by atoms with Crippen molar-refractivity contribution in [3.63, 3.8) is 0 Å². The van der Waals surface area contributed by atoms with Crippen LogP contribution in [-0.4, -0.2) is 17.3 Å². The van der Waals surface area contributed by atoms with Crippen molar-refractivity contribution in [3.8, 4) is 5.75 Å². The van der Waals surface area contributed by atoms with Crippen LogP contribution in [0.5, 0.6) is 5.75 Å². The van der Waals surface area contributed by atoms with Crippen LogP contribution in [0.25, 0.3) is 0 Å². The Morgan fingerprint density at radius 2 is 1.90 bits per heavy atom. The first-order valence-electron chi connectivity index (χ1n) is 5.43. The zero-order valence-electron chi connectivity index (χ0n) is 10.1. The number of Topliss-reactive ketones (excluding diaryl/α,β-unsaturated/α-hetero) is 1. The number of hydrogen-bond donors (Lipinski definition) is 0. The highest BCUT2D eigenvalue weighted by Crippen LogP contribution is 2.35. The van der Waals surface area contributed by atoms with Gasteiger partial charge in [-0.25, -0.2) is 0 Å². The molecule has 5 nitrogen and oxygen atoms in total. The molecule has 110 valence electrons. The lowest BCUT2D eigenvalue weighted by atomic mass is 10.3. The van der Waals surface area contributed by atoms with Crippen molar-refractivity contribution in [1.82, 2.24) is 0 Å². The minimum absolute atomic E-state index is 0.0343. The first-order chi connectivity index (χ1) is 9.88. The fraction of sp³-hybridized carbons (Fsp3) is 0.0833. The molecule has 2 rings (SSSR count). The normalized spacial score (nSPS) is 10.4. The lowest BCUT2D eigenvalue weighted by molar-refractivity contribution is -0.385. The Morgan fingerprint density at radius 1 is 1.24 bits per heavy atom. The van der Waals surface area contributed by atoms with Gasteiger partial charge < -0.3 is 4.74 Å². The summed E-state index contributed by atoms with van der Waals surface area (Å²) in [6.45, 7) is -0.365. The van der Waals surface area contributed by atoms with Crippen molar-refractivity contribution in [2.45, 2.75) is 0 Å². The molecule has 0 unspecified atom stereocenters. The van der Waals surface area contributed by atoms with Crippen LogP contribution in [-0.2, 0) is 0 Å². The fourth-order valence-corrected chi connectivity index (χ4v) is 2.73. The van der Waals surface area contributed by atoms with Crippen molar-refractivity contribution >= 4 is 57.6 Å². The van der Waals surface area contributed by atoms with E-state index in [4.69, 9.17) is 39.5 Å². The summed E-state index contributed by atoms with van der Waals surface area (Å²) in [6, 6.07) is 5.42. The summed E-state index contributed by atoms with van der Waals surface area (Å²) in [7, 11) is 0. The molecule has 0 aliphatic carbocycles. The molecule has 0 saturated heterocycles. The number of carbonyl (C=O) groups excluding carboxylic acids is 1. The number of nitrogens with zero attached hydrogens (tertiary/aromatic N) is 1. The van der Waals surface area contributed by atoms with Crippen LogP contribution >= 0.6 is 46.1 Å². The van der Waals surface area contributed by atoms with Crippen LogP contribution in [0.2, 0.25) is 14.4 Å². The summed E-state index contributed by atoms with van der Waals surface area (Å²) >= 11 is 18.3. The van der Waals surface area contributed by atoms with Gasteiger partial charge in [0.1, 0.15) is 0 Å². The number of nitro benzene ring substituents is 1. The maximum atomic E-state index is 11.9. The molecule has 0 N–H and O–H groups in total. The van der Waals surface area contributed by atoms with Gasteiger partial charge in [0.15, 0.2) is 12.4 Å². The summed E-state index contributed by atoms with van der Waals surface area (Å²) in [4.78, 5) is 22.5. The molecule has 9 heteroatoms. The van der Waals surface area contributed by atoms with E-state index in [1.54, 1.807) is 12.1 Å². The van der Waals surface area contributed by atoms with Gasteiger partial charge in [0.05, 0.1) is 24.2 Å². The number of thiophene rings is 1. The predicted octanol–water partition coefficient (Wildman–Crippen LogP) is 4.88. The Balaban J connectivity index is 2.18. The average molecular weight is 367 g/mol. The SMILES string of the molecule is O=C(COc1cc(Cl)c(Cl)cc1[N+](=O)[O-])c1ccc(Cl)s1. The Morgan fingerprint density at radius 3 is 2.48 bits per heavy atom. The van der Waals surface area contributed by atoms with Gasteiger partial charge in [0, 0.05) is 12.1 Å². The molecule has 0 spiro atoms. The van der Waals surface area contributed by atoms with E-state index in [-0.39, 0.29) is 33.9 Å². The molecular weight excluding hydrogens is 361 g/mol. The molecule has 0 saturated carbocycles. The molecule has 0 aliphatic rings. The van der Waals surface area contributed by atoms with Crippen LogP contribution < -0.4 is 4.74 Å². The third-order valence-electron chi connectivity index (χ3n) is 2.41. The minimum Gasteiger partial charge on any atom is -0.478 e. The van der Waals surface area contributed by atoms with Gasteiger partial charge in [-0.15, -0.1) is 11.3 Å². The van der Waals surface area contributed by atoms with Crippen LogP contribution in [0, 0.1) is 10.1 Å². The Bertz CT molecular complexity index is 717. The first-order valence-corrected chi connectivity index (χ1v) is 7.38. The quantitative estimate of drug-likeness (QED) is 0.429. The van der Waals surface area contributed by atoms with E-state index in [0.29, 0.717) is 9.21 Å². The van der Waals surface area contributed by atoms with Crippen LogP contribution in [0.4, 0.5) is 5.69 Å². The summed E-state index contributed by atoms with van der Waals surface area (Å²) in [5.74, 6) is -0.460. The number of ether oxygens (including phenoxy) is 1. The van der Waals surface area contributed by atoms with Gasteiger partial charge in [-0.05, 0) is 12.1 Å². The largest absolute Gasteiger partial charge is 0.478 e. The number of benzene rings is 1. The second kappa shape index (κ2) is 6.62. The molecule has 1 heterocycles. The lowest BCUT2D eigenvalue weighted by Gasteiger charge is -2.06. The molecule has 0 atom stereocenters. The summed E-state index contributed by atoms with van der Waals surface area (Å²) < 4.78 is 5.66. The monoisotopic (exact) mass is 365 g/mol. The minimum atomic E-state index is -0.663. The van der Waals surface area contributed by atoms with E-state index in [0.717, 1.165) is 17.4 Å². The summed E-state index contributed by atoms with van der Waals surface area (Å²) in [6.07, 6.45) is 0. The van der Waals surface area contributed by atoms with Gasteiger partial charge in [0.25, 0.3) is 0 Å². The molecule has 1 aromatic heterocycles. The third-order valence-corrected chi connectivity index (χ3v) is 4.40. The standard InChI is InChI=1S/C12H6Cl3NO4S/c13-6-3-8(16(18)19)10(4-7(6)14)20-5-9(17)11-1-2-12(15)21-11/h1-4H,5H2. The number of nitro groups is 1. The van der Waals surface area contributed by atoms with Crippen LogP contribution in [0.15, 0.2) is 24.3 Å². The van der Waals surface area contributed by atoms with E-state index in [2.05, 4.69) is 0 Å². The van der Waals surface area contributed by atoms with Crippen LogP contribution in [0.1, 0.15) is 9.67 Å². The zero-order chi connectivity index (χ0) is 15.6. The second-order valence-electron chi connectivity index (χ2n) is 3.81. The predicted molar refractivity (Wildman–Crippen MR) is 82.3 cm³/mol. The van der Waals surface area contributed by atoms with E-state index >= 15 is 0 Å². The fourth-order valence-electron chi connectivity index (χ4n) is 1.45. The Kier molecular flexibility index (Phi) is 5.05. The van der Waals surface area contributed by atoms with E-state index in [1.807, 2.05) is 0 Å². The van der Waals surface area contributed by atoms with E-state index < -0.39 is 4.92 Å². The summed E-state index contributed by atoms with van der Waals surface area (Å²) in [5.41, 5.74) is -0.360. The molecule has 21 heavy (non-hydrogen) atoms. The Hall–Kier alpha value is -1.34. The highest BCUT2D eigenvalue weighted by Gasteiger charge is 2.20. The summed E-state index contributed by atoms with van der Waals surface area (Å²) in [5, 5.41) is 11.1. The smallest absolute Gasteiger partial charge is 0.312 e. The van der Waals surface area contributed by atoms with Crippen molar-refractivity contribution in [2.24, 2.45) is 0 Å². The van der Waals surface area contributed by atoms with Crippen molar-refractivity contribution in [3.05, 3.63) is 53.6 Å². The van der Waals surface area contributed by atoms with Crippen molar-refractivity contribution in [1.29, 1.82) is 0 Å². The zero-order valence-corrected chi connectivity index (χ0v) is 13.2. The van der Waals surface area contributed by atoms with E-state index in [9.17, 15) is 14.9 Å². The number of halogens is 3. The van der Waals surface area contributed by atoms with Gasteiger partial charge >= 0.3 is 5.69 Å². The Labute approximate surface area is 138 Å². The molecule has 1 aromatic carbocycles. The van der Waals surface area contributed by atoms with Gasteiger partial charge in [-0.1, -0.05) is 34.8 Å². The van der Waals surface area contributed by atoms with Crippen molar-refractivity contribution in [2.75, 3.05) is 6.61 Å². The number of carbonyl (C=O) groups is 1. The third kappa shape index (κ3) is 3.85. The van der Waals surface area contributed by atoms with Crippen LogP contribution in [0.3, 0.4) is 0 Å². The average Bonchev–Trinajstić information content (AvgIpc) is 2.85. The van der Waals surface area contributed by atoms with Gasteiger partial charge in [-0.2, -0.15) is 0 Å². The van der Waals surface area contributed by atoms with Gasteiger partial charge in [-0.3, -0.25) is 14.9 Å². The first kappa shape index (κ1) is 16.0. The maximum Gasteiger partial charge on any atom is 0.312 e. The second-order valence-corrected chi connectivity index (χ2v) is 6.34. The number of rotatable bonds is 5. The molecule has 2 aromatic rings. The molecule has 0 fully saturated rings. The van der Waals surface area contributed by atoms with Gasteiger partial charge in [0.2, 0.25) is 5.78 Å². The molecule has 0 radical (unpaired) electrons. The molecule has 0 amide bonds. The lowest BCUT2D eigenvalue weighted by Crippen LogP contribution is -2.11. The highest BCUT2D eigenvalue weighted by atomic mass is 35.5. The number of hydrogen-bond acceptors (Lipinski definition) is 5. The highest BCUT2D eigenvalue weighted by molar-refractivity contribution is 7.18.